The van der Waals surface area contributed by atoms with Gasteiger partial charge in [0.1, 0.15) is 5.69 Å². The topological polar surface area (TPSA) is 114 Å². The van der Waals surface area contributed by atoms with Crippen LogP contribution in [0.4, 0.5) is 11.6 Å². The second-order valence-corrected chi connectivity index (χ2v) is 7.85. The van der Waals surface area contributed by atoms with E-state index in [-0.39, 0.29) is 4.90 Å². The number of hydrogen-bond acceptors (Lipinski definition) is 7. The van der Waals surface area contributed by atoms with Crippen molar-refractivity contribution >= 4 is 27.3 Å². The van der Waals surface area contributed by atoms with Crippen molar-refractivity contribution in [2.24, 2.45) is 0 Å². The number of benzene rings is 1. The van der Waals surface area contributed by atoms with Crippen LogP contribution in [0.25, 0.3) is 17.0 Å². The molecule has 0 aliphatic carbocycles. The van der Waals surface area contributed by atoms with E-state index >= 15 is 0 Å². The number of sulfonamides is 1. The van der Waals surface area contributed by atoms with Crippen molar-refractivity contribution < 1.29 is 8.42 Å². The highest BCUT2D eigenvalue weighted by atomic mass is 32.2. The fourth-order valence-electron chi connectivity index (χ4n) is 2.81. The number of imidazole rings is 1. The summed E-state index contributed by atoms with van der Waals surface area (Å²) in [6.07, 6.45) is 3.34. The van der Waals surface area contributed by atoms with Crippen molar-refractivity contribution in [1.82, 2.24) is 29.3 Å². The van der Waals surface area contributed by atoms with Gasteiger partial charge >= 0.3 is 0 Å². The summed E-state index contributed by atoms with van der Waals surface area (Å²) in [5.74, 6) is 0.381. The third-order valence-electron chi connectivity index (χ3n) is 4.15. The van der Waals surface area contributed by atoms with E-state index in [1.165, 1.54) is 19.2 Å². The first kappa shape index (κ1) is 18.0. The highest BCUT2D eigenvalue weighted by molar-refractivity contribution is 7.89. The number of nitrogens with one attached hydrogen (secondary N) is 2. The predicted octanol–water partition coefficient (Wildman–Crippen LogP) is 2.15. The maximum atomic E-state index is 11.8. The summed E-state index contributed by atoms with van der Waals surface area (Å²) < 4.78 is 27.6. The molecule has 0 fully saturated rings. The molecule has 10 heteroatoms. The monoisotopic (exact) mass is 395 g/mol. The van der Waals surface area contributed by atoms with E-state index in [4.69, 9.17) is 0 Å². The van der Waals surface area contributed by atoms with E-state index in [9.17, 15) is 8.42 Å². The summed E-state index contributed by atoms with van der Waals surface area (Å²) in [5.41, 5.74) is 3.68. The number of aryl methyl sites for hydroxylation is 1. The van der Waals surface area contributed by atoms with Gasteiger partial charge in [0.2, 0.25) is 16.0 Å². The van der Waals surface area contributed by atoms with E-state index in [2.05, 4.69) is 30.1 Å². The van der Waals surface area contributed by atoms with Crippen molar-refractivity contribution in [1.29, 1.82) is 0 Å². The second-order valence-electron chi connectivity index (χ2n) is 5.96. The summed E-state index contributed by atoms with van der Waals surface area (Å²) in [6.45, 7) is 1.90. The molecule has 0 unspecified atom stereocenters. The first-order valence-electron chi connectivity index (χ1n) is 8.42. The maximum absolute atomic E-state index is 11.8. The third kappa shape index (κ3) is 3.30. The van der Waals surface area contributed by atoms with Crippen LogP contribution in [-0.2, 0) is 10.0 Å². The SMILES string of the molecule is CNS(=O)(=O)c1ccc(Nc2nccc(-c3c(C)nc4cccnn34)n2)cc1. The van der Waals surface area contributed by atoms with Crippen LogP contribution >= 0.6 is 0 Å². The van der Waals surface area contributed by atoms with E-state index in [1.54, 1.807) is 35.1 Å². The van der Waals surface area contributed by atoms with Gasteiger partial charge in [0.25, 0.3) is 0 Å². The zero-order chi connectivity index (χ0) is 19.7. The van der Waals surface area contributed by atoms with Gasteiger partial charge in [-0.05, 0) is 56.4 Å². The molecule has 4 aromatic rings. The standard InChI is InChI=1S/C18H17N7O2S/c1-12-17(25-16(22-12)4-3-10-21-25)15-9-11-20-18(24-15)23-13-5-7-14(8-6-13)28(26,27)19-2/h3-11,19H,1-2H3,(H,20,23,24). The average Bonchev–Trinajstić information content (AvgIpc) is 3.04. The van der Waals surface area contributed by atoms with Crippen molar-refractivity contribution in [2.75, 3.05) is 12.4 Å². The van der Waals surface area contributed by atoms with Crippen molar-refractivity contribution in [3.8, 4) is 11.4 Å². The molecule has 0 radical (unpaired) electrons. The fraction of sp³-hybridized carbons (Fsp3) is 0.111. The van der Waals surface area contributed by atoms with Crippen LogP contribution in [0.3, 0.4) is 0 Å². The zero-order valence-electron chi connectivity index (χ0n) is 15.2. The van der Waals surface area contributed by atoms with Gasteiger partial charge in [-0.3, -0.25) is 0 Å². The molecule has 0 spiro atoms. The van der Waals surface area contributed by atoms with E-state index in [0.29, 0.717) is 17.3 Å². The van der Waals surface area contributed by atoms with Crippen molar-refractivity contribution in [3.05, 3.63) is 60.6 Å². The summed E-state index contributed by atoms with van der Waals surface area (Å²) >= 11 is 0. The Balaban J connectivity index is 1.65. The molecule has 2 N–H and O–H groups in total. The predicted molar refractivity (Wildman–Crippen MR) is 105 cm³/mol. The second kappa shape index (κ2) is 6.98. The molecule has 0 aliphatic rings. The number of rotatable bonds is 5. The maximum Gasteiger partial charge on any atom is 0.240 e. The Kier molecular flexibility index (Phi) is 4.49. The van der Waals surface area contributed by atoms with Gasteiger partial charge in [-0.2, -0.15) is 5.10 Å². The molecule has 9 nitrogen and oxygen atoms in total. The average molecular weight is 395 g/mol. The minimum Gasteiger partial charge on any atom is -0.324 e. The molecule has 28 heavy (non-hydrogen) atoms. The van der Waals surface area contributed by atoms with E-state index in [1.807, 2.05) is 19.1 Å². The first-order valence-corrected chi connectivity index (χ1v) is 9.91. The molecule has 4 rings (SSSR count). The van der Waals surface area contributed by atoms with E-state index < -0.39 is 10.0 Å². The first-order chi connectivity index (χ1) is 13.5. The van der Waals surface area contributed by atoms with Crippen molar-refractivity contribution in [2.45, 2.75) is 11.8 Å². The number of anilines is 2. The van der Waals surface area contributed by atoms with Crippen LogP contribution in [0.5, 0.6) is 0 Å². The molecule has 0 atom stereocenters. The van der Waals surface area contributed by atoms with Crippen LogP contribution in [-0.4, -0.2) is 40.0 Å². The minimum atomic E-state index is -3.48. The lowest BCUT2D eigenvalue weighted by Gasteiger charge is -2.08. The lowest BCUT2D eigenvalue weighted by Crippen LogP contribution is -2.18. The molecule has 0 bridgehead atoms. The van der Waals surface area contributed by atoms with Gasteiger partial charge in [-0.1, -0.05) is 0 Å². The van der Waals surface area contributed by atoms with E-state index in [0.717, 1.165) is 17.0 Å². The number of nitrogens with zero attached hydrogens (tertiary/aromatic N) is 5. The third-order valence-corrected chi connectivity index (χ3v) is 5.59. The minimum absolute atomic E-state index is 0.183. The zero-order valence-corrected chi connectivity index (χ0v) is 16.0. The Morgan fingerprint density at radius 2 is 1.79 bits per heavy atom. The van der Waals surface area contributed by atoms with Crippen LogP contribution in [0.2, 0.25) is 0 Å². The molecule has 0 saturated heterocycles. The number of hydrogen-bond donors (Lipinski definition) is 2. The van der Waals surface area contributed by atoms with Gasteiger partial charge in [0, 0.05) is 18.1 Å². The molecular weight excluding hydrogens is 378 g/mol. The van der Waals surface area contributed by atoms with Gasteiger partial charge < -0.3 is 5.32 Å². The summed E-state index contributed by atoms with van der Waals surface area (Å²) in [4.78, 5) is 13.5. The fourth-order valence-corrected chi connectivity index (χ4v) is 3.54. The number of fused-ring (bicyclic) bond motifs is 1. The Hall–Kier alpha value is -3.37. The molecular formula is C18H17N7O2S. The van der Waals surface area contributed by atoms with Gasteiger partial charge in [-0.25, -0.2) is 32.6 Å². The number of aromatic nitrogens is 5. The van der Waals surface area contributed by atoms with Gasteiger partial charge in [0.15, 0.2) is 5.65 Å². The summed E-state index contributed by atoms with van der Waals surface area (Å²) in [7, 11) is -2.10. The molecule has 0 saturated carbocycles. The van der Waals surface area contributed by atoms with Gasteiger partial charge in [-0.15, -0.1) is 0 Å². The van der Waals surface area contributed by atoms with Crippen LogP contribution < -0.4 is 10.0 Å². The molecule has 142 valence electrons. The molecule has 3 aromatic heterocycles. The highest BCUT2D eigenvalue weighted by Gasteiger charge is 2.14. The Morgan fingerprint density at radius 3 is 2.54 bits per heavy atom. The molecule has 0 aliphatic heterocycles. The Morgan fingerprint density at radius 1 is 1.00 bits per heavy atom. The molecule has 3 heterocycles. The normalized spacial score (nSPS) is 11.6. The van der Waals surface area contributed by atoms with Crippen LogP contribution in [0.1, 0.15) is 5.69 Å². The largest absolute Gasteiger partial charge is 0.324 e. The lowest BCUT2D eigenvalue weighted by molar-refractivity contribution is 0.588. The summed E-state index contributed by atoms with van der Waals surface area (Å²) in [5, 5.41) is 7.43. The molecule has 0 amide bonds. The van der Waals surface area contributed by atoms with Crippen LogP contribution in [0, 0.1) is 6.92 Å². The lowest BCUT2D eigenvalue weighted by atomic mass is 10.2. The highest BCUT2D eigenvalue weighted by Crippen LogP contribution is 2.23. The Bertz CT molecular complexity index is 1250. The smallest absolute Gasteiger partial charge is 0.240 e. The Labute approximate surface area is 161 Å². The van der Waals surface area contributed by atoms with Crippen LogP contribution in [0.15, 0.2) is 59.8 Å². The van der Waals surface area contributed by atoms with Crippen molar-refractivity contribution in [3.63, 3.8) is 0 Å². The quantitative estimate of drug-likeness (QED) is 0.532. The molecule has 1 aromatic carbocycles. The summed E-state index contributed by atoms with van der Waals surface area (Å²) in [6, 6.07) is 11.8. The van der Waals surface area contributed by atoms with Gasteiger partial charge in [0.05, 0.1) is 16.3 Å².